The second-order valence-corrected chi connectivity index (χ2v) is 3.10. The third kappa shape index (κ3) is 1.16. The summed E-state index contributed by atoms with van der Waals surface area (Å²) in [7, 11) is 0. The van der Waals surface area contributed by atoms with Crippen LogP contribution in [0.3, 0.4) is 0 Å². The molecule has 0 amide bonds. The zero-order valence-corrected chi connectivity index (χ0v) is 6.06. The Labute approximate surface area is 64.7 Å². The summed E-state index contributed by atoms with van der Waals surface area (Å²) in [4.78, 5) is 10.9. The topological polar surface area (TPSA) is 46.5 Å². The molecule has 3 heteroatoms. The van der Waals surface area contributed by atoms with Crippen LogP contribution in [0.15, 0.2) is 12.2 Å². The molecule has 2 bridgehead atoms. The maximum absolute atomic E-state index is 10.9. The van der Waals surface area contributed by atoms with Gasteiger partial charge in [0.2, 0.25) is 0 Å². The van der Waals surface area contributed by atoms with Crippen molar-refractivity contribution in [1.82, 2.24) is 0 Å². The van der Waals surface area contributed by atoms with Crippen molar-refractivity contribution in [3.05, 3.63) is 12.2 Å². The first-order valence-electron chi connectivity index (χ1n) is 3.81. The molecule has 1 saturated heterocycles. The van der Waals surface area contributed by atoms with E-state index in [0.717, 1.165) is 6.42 Å². The van der Waals surface area contributed by atoms with Gasteiger partial charge in [-0.3, -0.25) is 4.79 Å². The quantitative estimate of drug-likeness (QED) is 0.401. The van der Waals surface area contributed by atoms with Crippen molar-refractivity contribution in [1.29, 1.82) is 0 Å². The molecular formula is C8H10O3. The van der Waals surface area contributed by atoms with Crippen molar-refractivity contribution in [3.63, 3.8) is 0 Å². The molecule has 3 atom stereocenters. The Hall–Kier alpha value is -0.830. The van der Waals surface area contributed by atoms with E-state index in [9.17, 15) is 9.90 Å². The Balaban J connectivity index is 2.19. The van der Waals surface area contributed by atoms with Crippen LogP contribution in [0.25, 0.3) is 0 Å². The van der Waals surface area contributed by atoms with Crippen LogP contribution >= 0.6 is 0 Å². The second kappa shape index (κ2) is 2.34. The number of rotatable bonds is 0. The fraction of sp³-hybridized carbons (Fsp3) is 0.625. The lowest BCUT2D eigenvalue weighted by atomic mass is 9.85. The molecule has 11 heavy (non-hydrogen) atoms. The Kier molecular flexibility index (Phi) is 1.46. The molecule has 2 aliphatic rings. The van der Waals surface area contributed by atoms with E-state index < -0.39 is 6.10 Å². The summed E-state index contributed by atoms with van der Waals surface area (Å²) in [5.74, 6) is -0.0964. The van der Waals surface area contributed by atoms with Crippen LogP contribution in [0.5, 0.6) is 0 Å². The van der Waals surface area contributed by atoms with E-state index in [1.54, 1.807) is 12.2 Å². The van der Waals surface area contributed by atoms with Gasteiger partial charge in [0.1, 0.15) is 6.10 Å². The average Bonchev–Trinajstić information content (AvgIpc) is 1.97. The first kappa shape index (κ1) is 6.85. The van der Waals surface area contributed by atoms with E-state index in [1.807, 2.05) is 0 Å². The van der Waals surface area contributed by atoms with E-state index >= 15 is 0 Å². The van der Waals surface area contributed by atoms with Gasteiger partial charge in [0.25, 0.3) is 0 Å². The standard InChI is InChI=1S/C8H10O3/c9-7-2-1-6-3-5(7)4-8(10)11-6/h1-2,5-7,9H,3-4H2/t5?,6?,7-/m0/s1. The van der Waals surface area contributed by atoms with Crippen LogP contribution in [-0.2, 0) is 9.53 Å². The van der Waals surface area contributed by atoms with Gasteiger partial charge in [-0.1, -0.05) is 6.08 Å². The summed E-state index contributed by atoms with van der Waals surface area (Å²) >= 11 is 0. The van der Waals surface area contributed by atoms with Gasteiger partial charge in [-0.25, -0.2) is 0 Å². The maximum Gasteiger partial charge on any atom is 0.306 e. The number of carbonyl (C=O) groups is 1. The first-order valence-corrected chi connectivity index (χ1v) is 3.81. The molecule has 0 spiro atoms. The Morgan fingerprint density at radius 1 is 1.55 bits per heavy atom. The van der Waals surface area contributed by atoms with Crippen LogP contribution in [0.2, 0.25) is 0 Å². The average molecular weight is 154 g/mol. The largest absolute Gasteiger partial charge is 0.458 e. The highest BCUT2D eigenvalue weighted by molar-refractivity contribution is 5.71. The van der Waals surface area contributed by atoms with Gasteiger partial charge in [0.05, 0.1) is 12.5 Å². The molecule has 0 aromatic rings. The van der Waals surface area contributed by atoms with Crippen molar-refractivity contribution >= 4 is 5.97 Å². The van der Waals surface area contributed by atoms with Gasteiger partial charge in [0, 0.05) is 5.92 Å². The highest BCUT2D eigenvalue weighted by Crippen LogP contribution is 2.29. The van der Waals surface area contributed by atoms with Crippen molar-refractivity contribution in [2.75, 3.05) is 0 Å². The molecule has 1 N–H and O–H groups in total. The normalized spacial score (nSPS) is 41.9. The maximum atomic E-state index is 10.9. The minimum absolute atomic E-state index is 0.0790. The third-order valence-corrected chi connectivity index (χ3v) is 2.25. The molecule has 2 rings (SSSR count). The molecule has 0 radical (unpaired) electrons. The molecule has 1 aliphatic heterocycles. The zero-order chi connectivity index (χ0) is 7.84. The number of fused-ring (bicyclic) bond motifs is 2. The molecule has 0 saturated carbocycles. The molecule has 1 fully saturated rings. The molecule has 1 aliphatic carbocycles. The van der Waals surface area contributed by atoms with Gasteiger partial charge >= 0.3 is 5.97 Å². The van der Waals surface area contributed by atoms with Crippen molar-refractivity contribution < 1.29 is 14.6 Å². The predicted molar refractivity (Wildman–Crippen MR) is 37.8 cm³/mol. The Morgan fingerprint density at radius 3 is 3.18 bits per heavy atom. The molecule has 2 unspecified atom stereocenters. The monoisotopic (exact) mass is 154 g/mol. The van der Waals surface area contributed by atoms with E-state index in [0.29, 0.717) is 6.42 Å². The number of esters is 1. The fourth-order valence-corrected chi connectivity index (χ4v) is 1.63. The fourth-order valence-electron chi connectivity index (χ4n) is 1.63. The summed E-state index contributed by atoms with van der Waals surface area (Å²) in [5.41, 5.74) is 0. The van der Waals surface area contributed by atoms with Crippen molar-refractivity contribution in [2.45, 2.75) is 25.0 Å². The Morgan fingerprint density at radius 2 is 2.36 bits per heavy atom. The lowest BCUT2D eigenvalue weighted by Crippen LogP contribution is -2.37. The van der Waals surface area contributed by atoms with Crippen LogP contribution < -0.4 is 0 Å². The first-order chi connectivity index (χ1) is 5.25. The number of hydrogen-bond acceptors (Lipinski definition) is 3. The molecule has 3 nitrogen and oxygen atoms in total. The lowest BCUT2D eigenvalue weighted by molar-refractivity contribution is -0.156. The molecular weight excluding hydrogens is 144 g/mol. The summed E-state index contributed by atoms with van der Waals surface area (Å²) in [6.07, 6.45) is 4.10. The molecule has 0 aromatic heterocycles. The van der Waals surface area contributed by atoms with Crippen LogP contribution in [0.4, 0.5) is 0 Å². The zero-order valence-electron chi connectivity index (χ0n) is 6.06. The number of hydrogen-bond donors (Lipinski definition) is 1. The highest BCUT2D eigenvalue weighted by atomic mass is 16.5. The molecule has 0 aromatic carbocycles. The SMILES string of the molecule is O=C1CC2CC(C=C[C@@H]2O)O1. The smallest absolute Gasteiger partial charge is 0.306 e. The van der Waals surface area contributed by atoms with Crippen LogP contribution in [0.1, 0.15) is 12.8 Å². The minimum atomic E-state index is -0.445. The van der Waals surface area contributed by atoms with Crippen LogP contribution in [0, 0.1) is 5.92 Å². The summed E-state index contributed by atoms with van der Waals surface area (Å²) in [6, 6.07) is 0. The lowest BCUT2D eigenvalue weighted by Gasteiger charge is -2.32. The summed E-state index contributed by atoms with van der Waals surface area (Å²) < 4.78 is 4.97. The summed E-state index contributed by atoms with van der Waals surface area (Å²) in [6.45, 7) is 0. The highest BCUT2D eigenvalue weighted by Gasteiger charge is 2.33. The van der Waals surface area contributed by atoms with E-state index in [1.165, 1.54) is 0 Å². The van der Waals surface area contributed by atoms with E-state index in [4.69, 9.17) is 4.74 Å². The van der Waals surface area contributed by atoms with E-state index in [-0.39, 0.29) is 18.0 Å². The molecule has 1 heterocycles. The third-order valence-electron chi connectivity index (χ3n) is 2.25. The number of carbonyl (C=O) groups excluding carboxylic acids is 1. The summed E-state index contributed by atoms with van der Waals surface area (Å²) in [5, 5.41) is 9.34. The van der Waals surface area contributed by atoms with Crippen LogP contribution in [-0.4, -0.2) is 23.3 Å². The predicted octanol–water partition coefficient (Wildman–Crippen LogP) is 0.239. The molecule has 60 valence electrons. The van der Waals surface area contributed by atoms with E-state index in [2.05, 4.69) is 0 Å². The van der Waals surface area contributed by atoms with Gasteiger partial charge in [0.15, 0.2) is 0 Å². The minimum Gasteiger partial charge on any atom is -0.458 e. The number of aliphatic hydroxyl groups is 1. The van der Waals surface area contributed by atoms with Crippen molar-refractivity contribution in [2.24, 2.45) is 5.92 Å². The number of aliphatic hydroxyl groups excluding tert-OH is 1. The number of ether oxygens (including phenoxy) is 1. The van der Waals surface area contributed by atoms with Gasteiger partial charge in [-0.15, -0.1) is 0 Å². The second-order valence-electron chi connectivity index (χ2n) is 3.10. The Bertz CT molecular complexity index is 209. The van der Waals surface area contributed by atoms with Gasteiger partial charge in [-0.2, -0.15) is 0 Å². The van der Waals surface area contributed by atoms with Crippen molar-refractivity contribution in [3.8, 4) is 0 Å². The van der Waals surface area contributed by atoms with Gasteiger partial charge < -0.3 is 9.84 Å². The van der Waals surface area contributed by atoms with Gasteiger partial charge in [-0.05, 0) is 12.5 Å².